The van der Waals surface area contributed by atoms with Crippen molar-refractivity contribution in [1.82, 2.24) is 0 Å². The van der Waals surface area contributed by atoms with Crippen LogP contribution in [0, 0.1) is 10.1 Å². The van der Waals surface area contributed by atoms with E-state index < -0.39 is 0 Å². The number of benzene rings is 2. The predicted molar refractivity (Wildman–Crippen MR) is 73.5 cm³/mol. The van der Waals surface area contributed by atoms with E-state index in [0.717, 1.165) is 26.7 Å². The molecule has 2 aromatic rings. The molecule has 3 rings (SSSR count). The lowest BCUT2D eigenvalue weighted by atomic mass is 10.1. The van der Waals surface area contributed by atoms with E-state index in [9.17, 15) is 10.1 Å². The van der Waals surface area contributed by atoms with Crippen LogP contribution in [0.25, 0.3) is 11.1 Å². The zero-order valence-corrected chi connectivity index (χ0v) is 10.9. The first-order valence-electron chi connectivity index (χ1n) is 5.42. The first-order chi connectivity index (χ1) is 8.56. The maximum absolute atomic E-state index is 10.8. The molecule has 18 heavy (non-hydrogen) atoms. The third kappa shape index (κ3) is 1.59. The molecule has 0 saturated carbocycles. The summed E-state index contributed by atoms with van der Waals surface area (Å²) >= 11 is 3.41. The predicted octanol–water partition coefficient (Wildman–Crippen LogP) is 3.51. The van der Waals surface area contributed by atoms with Gasteiger partial charge in [-0.15, -0.1) is 0 Å². The Bertz CT molecular complexity index is 683. The number of nitrogens with two attached hydrogens (primary N) is 1. The molecule has 0 aromatic heterocycles. The van der Waals surface area contributed by atoms with Gasteiger partial charge in [0.2, 0.25) is 0 Å². The van der Waals surface area contributed by atoms with Crippen molar-refractivity contribution in [3.05, 3.63) is 56.0 Å². The van der Waals surface area contributed by atoms with Crippen molar-refractivity contribution in [3.63, 3.8) is 0 Å². The molecular formula is C13H9BrN2O2. The average Bonchev–Trinajstić information content (AvgIpc) is 2.66. The van der Waals surface area contributed by atoms with E-state index in [1.54, 1.807) is 6.07 Å². The van der Waals surface area contributed by atoms with E-state index >= 15 is 0 Å². The van der Waals surface area contributed by atoms with Crippen LogP contribution in [-0.4, -0.2) is 4.92 Å². The molecule has 0 bridgehead atoms. The Morgan fingerprint density at radius 1 is 1.17 bits per heavy atom. The normalized spacial score (nSPS) is 12.1. The van der Waals surface area contributed by atoms with Gasteiger partial charge in [-0.25, -0.2) is 0 Å². The minimum Gasteiger partial charge on any atom is -0.398 e. The topological polar surface area (TPSA) is 69.2 Å². The van der Waals surface area contributed by atoms with Crippen molar-refractivity contribution in [2.24, 2.45) is 0 Å². The van der Waals surface area contributed by atoms with E-state index in [4.69, 9.17) is 5.73 Å². The lowest BCUT2D eigenvalue weighted by molar-refractivity contribution is -0.384. The minimum atomic E-state index is -0.368. The zero-order valence-electron chi connectivity index (χ0n) is 9.31. The van der Waals surface area contributed by atoms with Crippen molar-refractivity contribution in [2.45, 2.75) is 6.42 Å². The molecule has 0 atom stereocenters. The van der Waals surface area contributed by atoms with Gasteiger partial charge in [0.1, 0.15) is 0 Å². The van der Waals surface area contributed by atoms with Gasteiger partial charge in [0.05, 0.1) is 4.92 Å². The van der Waals surface area contributed by atoms with Crippen LogP contribution >= 0.6 is 15.9 Å². The van der Waals surface area contributed by atoms with Gasteiger partial charge in [0, 0.05) is 22.3 Å². The number of nitro groups is 1. The second-order valence-electron chi connectivity index (χ2n) is 4.31. The maximum Gasteiger partial charge on any atom is 0.269 e. The third-order valence-electron chi connectivity index (χ3n) is 3.19. The van der Waals surface area contributed by atoms with Gasteiger partial charge in [-0.1, -0.05) is 0 Å². The number of fused-ring (bicyclic) bond motifs is 3. The van der Waals surface area contributed by atoms with Crippen molar-refractivity contribution in [3.8, 4) is 11.1 Å². The standard InChI is InChI=1S/C13H9BrN2O2/c14-12-6-11-8(5-13(12)15)3-7-4-9(16(17)18)1-2-10(7)11/h1-2,4-6H,3,15H2. The van der Waals surface area contributed by atoms with Gasteiger partial charge in [-0.05, 0) is 62.8 Å². The van der Waals surface area contributed by atoms with Crippen LogP contribution in [0.5, 0.6) is 0 Å². The molecule has 0 amide bonds. The van der Waals surface area contributed by atoms with Gasteiger partial charge in [0.15, 0.2) is 0 Å². The van der Waals surface area contributed by atoms with Crippen molar-refractivity contribution in [1.29, 1.82) is 0 Å². The summed E-state index contributed by atoms with van der Waals surface area (Å²) in [7, 11) is 0. The Balaban J connectivity index is 2.18. The average molecular weight is 305 g/mol. The van der Waals surface area contributed by atoms with Gasteiger partial charge in [-0.3, -0.25) is 10.1 Å². The number of halogens is 1. The fourth-order valence-electron chi connectivity index (χ4n) is 2.34. The molecule has 0 aliphatic heterocycles. The fraction of sp³-hybridized carbons (Fsp3) is 0.0769. The molecule has 0 unspecified atom stereocenters. The summed E-state index contributed by atoms with van der Waals surface area (Å²) in [5.41, 5.74) is 10.9. The Hall–Kier alpha value is -1.88. The number of nitrogen functional groups attached to an aromatic ring is 1. The molecular weight excluding hydrogens is 296 g/mol. The number of non-ortho nitro benzene ring substituents is 1. The molecule has 0 saturated heterocycles. The molecule has 0 radical (unpaired) electrons. The summed E-state index contributed by atoms with van der Waals surface area (Å²) in [5, 5.41) is 10.8. The van der Waals surface area contributed by atoms with Crippen LogP contribution in [0.4, 0.5) is 11.4 Å². The molecule has 0 heterocycles. The minimum absolute atomic E-state index is 0.133. The molecule has 0 spiro atoms. The van der Waals surface area contributed by atoms with E-state index in [-0.39, 0.29) is 10.6 Å². The summed E-state index contributed by atoms with van der Waals surface area (Å²) < 4.78 is 0.854. The molecule has 90 valence electrons. The smallest absolute Gasteiger partial charge is 0.269 e. The van der Waals surface area contributed by atoms with Crippen LogP contribution in [-0.2, 0) is 6.42 Å². The quantitative estimate of drug-likeness (QED) is 0.425. The van der Waals surface area contributed by atoms with E-state index in [0.29, 0.717) is 12.1 Å². The SMILES string of the molecule is Nc1cc2c(cc1Br)-c1ccc([N+](=O)[O-])cc1C2. The number of rotatable bonds is 1. The van der Waals surface area contributed by atoms with Crippen LogP contribution in [0.2, 0.25) is 0 Å². The van der Waals surface area contributed by atoms with Crippen molar-refractivity contribution < 1.29 is 4.92 Å². The van der Waals surface area contributed by atoms with E-state index in [2.05, 4.69) is 15.9 Å². The monoisotopic (exact) mass is 304 g/mol. The van der Waals surface area contributed by atoms with Crippen molar-refractivity contribution in [2.75, 3.05) is 5.73 Å². The zero-order chi connectivity index (χ0) is 12.9. The second-order valence-corrected chi connectivity index (χ2v) is 5.16. The van der Waals surface area contributed by atoms with E-state index in [1.807, 2.05) is 18.2 Å². The Morgan fingerprint density at radius 3 is 2.61 bits per heavy atom. The summed E-state index contributed by atoms with van der Waals surface area (Å²) in [6.07, 6.45) is 0.698. The summed E-state index contributed by atoms with van der Waals surface area (Å²) in [6.45, 7) is 0. The molecule has 2 N–H and O–H groups in total. The van der Waals surface area contributed by atoms with Crippen LogP contribution in [0.3, 0.4) is 0 Å². The van der Waals surface area contributed by atoms with Gasteiger partial charge in [0.25, 0.3) is 5.69 Å². The summed E-state index contributed by atoms with van der Waals surface area (Å²) in [4.78, 5) is 10.4. The largest absolute Gasteiger partial charge is 0.398 e. The summed E-state index contributed by atoms with van der Waals surface area (Å²) in [5.74, 6) is 0. The number of hydrogen-bond acceptors (Lipinski definition) is 3. The highest BCUT2D eigenvalue weighted by Crippen LogP contribution is 2.41. The Kier molecular flexibility index (Phi) is 2.38. The maximum atomic E-state index is 10.8. The first-order valence-corrected chi connectivity index (χ1v) is 6.21. The van der Waals surface area contributed by atoms with Crippen LogP contribution in [0.1, 0.15) is 11.1 Å². The molecule has 2 aromatic carbocycles. The fourth-order valence-corrected chi connectivity index (χ4v) is 2.69. The highest BCUT2D eigenvalue weighted by atomic mass is 79.9. The molecule has 4 nitrogen and oxygen atoms in total. The van der Waals surface area contributed by atoms with Crippen LogP contribution in [0.15, 0.2) is 34.8 Å². The molecule has 5 heteroatoms. The number of hydrogen-bond donors (Lipinski definition) is 1. The Labute approximate surface area is 112 Å². The lowest BCUT2D eigenvalue weighted by Gasteiger charge is -2.04. The van der Waals surface area contributed by atoms with Gasteiger partial charge >= 0.3 is 0 Å². The van der Waals surface area contributed by atoms with E-state index in [1.165, 1.54) is 6.07 Å². The lowest BCUT2D eigenvalue weighted by Crippen LogP contribution is -1.89. The number of anilines is 1. The molecule has 1 aliphatic rings. The number of nitro benzene ring substituents is 1. The number of nitrogens with zero attached hydrogens (tertiary/aromatic N) is 1. The van der Waals surface area contributed by atoms with Crippen molar-refractivity contribution >= 4 is 27.3 Å². The highest BCUT2D eigenvalue weighted by Gasteiger charge is 2.22. The van der Waals surface area contributed by atoms with Crippen LogP contribution < -0.4 is 5.73 Å². The molecule has 1 aliphatic carbocycles. The Morgan fingerprint density at radius 2 is 1.89 bits per heavy atom. The summed E-state index contributed by atoms with van der Waals surface area (Å²) in [6, 6.07) is 8.88. The first kappa shape index (κ1) is 11.2. The van der Waals surface area contributed by atoms with Gasteiger partial charge in [-0.2, -0.15) is 0 Å². The van der Waals surface area contributed by atoms with Gasteiger partial charge < -0.3 is 5.73 Å². The second kappa shape index (κ2) is 3.81. The molecule has 0 fully saturated rings. The highest BCUT2D eigenvalue weighted by molar-refractivity contribution is 9.10. The third-order valence-corrected chi connectivity index (χ3v) is 3.88.